The van der Waals surface area contributed by atoms with Crippen LogP contribution in [-0.2, 0) is 0 Å². The summed E-state index contributed by atoms with van der Waals surface area (Å²) < 4.78 is 0. The van der Waals surface area contributed by atoms with Gasteiger partial charge in [0, 0.05) is 16.6 Å². The third kappa shape index (κ3) is 2.26. The Labute approximate surface area is 103 Å². The molecule has 1 heterocycles. The van der Waals surface area contributed by atoms with Crippen molar-refractivity contribution < 1.29 is 0 Å². The minimum absolute atomic E-state index is 0.223. The number of hydrogen-bond donors (Lipinski definition) is 0. The Kier molecular flexibility index (Phi) is 3.27. The fourth-order valence-electron chi connectivity index (χ4n) is 2.64. The summed E-state index contributed by atoms with van der Waals surface area (Å²) in [4.78, 5) is 2.56. The van der Waals surface area contributed by atoms with Crippen molar-refractivity contribution in [1.29, 1.82) is 0 Å². The molecule has 88 valence electrons. The zero-order valence-electron chi connectivity index (χ0n) is 10.3. The number of nitrogens with zero attached hydrogens (tertiary/aromatic N) is 1. The van der Waals surface area contributed by atoms with E-state index < -0.39 is 0 Å². The van der Waals surface area contributed by atoms with Crippen LogP contribution < -0.4 is 0 Å². The highest BCUT2D eigenvalue weighted by molar-refractivity contribution is 6.31. The van der Waals surface area contributed by atoms with Crippen LogP contribution in [0, 0.1) is 0 Å². The number of likely N-dealkylation sites (tertiary alicyclic amines) is 1. The van der Waals surface area contributed by atoms with Crippen LogP contribution >= 0.6 is 11.6 Å². The van der Waals surface area contributed by atoms with Gasteiger partial charge >= 0.3 is 0 Å². The molecule has 0 spiro atoms. The van der Waals surface area contributed by atoms with E-state index in [0.29, 0.717) is 6.04 Å². The molecule has 0 N–H and O–H groups in total. The second kappa shape index (κ2) is 4.38. The third-order valence-electron chi connectivity index (χ3n) is 3.38. The van der Waals surface area contributed by atoms with Gasteiger partial charge in [0.2, 0.25) is 0 Å². The lowest BCUT2D eigenvalue weighted by atomic mass is 9.99. The predicted molar refractivity (Wildman–Crippen MR) is 69.9 cm³/mol. The molecular weight excluding hydrogens is 218 g/mol. The molecule has 2 rings (SSSR count). The Morgan fingerprint density at radius 2 is 1.94 bits per heavy atom. The molecule has 0 amide bonds. The fraction of sp³-hybridized carbons (Fsp3) is 0.571. The van der Waals surface area contributed by atoms with Crippen molar-refractivity contribution in [2.75, 3.05) is 6.54 Å². The number of rotatable bonds is 1. The molecule has 1 saturated heterocycles. The SMILES string of the molecule is CC(C)(C)N1CCC[C@H]1c1ccccc1Cl. The number of benzene rings is 1. The lowest BCUT2D eigenvalue weighted by Crippen LogP contribution is -2.40. The summed E-state index contributed by atoms with van der Waals surface area (Å²) in [5, 5.41) is 0.906. The van der Waals surface area contributed by atoms with E-state index in [1.807, 2.05) is 12.1 Å². The van der Waals surface area contributed by atoms with E-state index in [2.05, 4.69) is 37.8 Å². The van der Waals surface area contributed by atoms with E-state index in [0.717, 1.165) is 5.02 Å². The molecular formula is C14H20ClN. The Morgan fingerprint density at radius 3 is 2.56 bits per heavy atom. The summed E-state index contributed by atoms with van der Waals surface area (Å²) in [6.07, 6.45) is 2.49. The molecule has 1 aromatic rings. The summed E-state index contributed by atoms with van der Waals surface area (Å²) in [6.45, 7) is 8.02. The van der Waals surface area contributed by atoms with Crippen molar-refractivity contribution in [3.05, 3.63) is 34.9 Å². The third-order valence-corrected chi connectivity index (χ3v) is 3.72. The van der Waals surface area contributed by atoms with Crippen LogP contribution in [0.25, 0.3) is 0 Å². The molecule has 0 saturated carbocycles. The zero-order chi connectivity index (χ0) is 11.8. The summed E-state index contributed by atoms with van der Waals surface area (Å²) in [7, 11) is 0. The highest BCUT2D eigenvalue weighted by Crippen LogP contribution is 2.39. The van der Waals surface area contributed by atoms with Crippen LogP contribution in [0.3, 0.4) is 0 Å². The maximum Gasteiger partial charge on any atom is 0.0453 e. The first-order valence-corrected chi connectivity index (χ1v) is 6.39. The molecule has 16 heavy (non-hydrogen) atoms. The van der Waals surface area contributed by atoms with E-state index >= 15 is 0 Å². The highest BCUT2D eigenvalue weighted by atomic mass is 35.5. The molecule has 0 aromatic heterocycles. The van der Waals surface area contributed by atoms with Crippen LogP contribution in [0.2, 0.25) is 5.02 Å². The molecule has 0 bridgehead atoms. The maximum atomic E-state index is 6.29. The van der Waals surface area contributed by atoms with E-state index in [1.54, 1.807) is 0 Å². The minimum Gasteiger partial charge on any atom is -0.291 e. The monoisotopic (exact) mass is 237 g/mol. The highest BCUT2D eigenvalue weighted by Gasteiger charge is 2.34. The average Bonchev–Trinajstić information content (AvgIpc) is 2.66. The number of hydrogen-bond acceptors (Lipinski definition) is 1. The van der Waals surface area contributed by atoms with Gasteiger partial charge in [0.15, 0.2) is 0 Å². The first-order valence-electron chi connectivity index (χ1n) is 6.01. The van der Waals surface area contributed by atoms with Crippen molar-refractivity contribution in [3.8, 4) is 0 Å². The van der Waals surface area contributed by atoms with Gasteiger partial charge < -0.3 is 0 Å². The van der Waals surface area contributed by atoms with Gasteiger partial charge in [-0.25, -0.2) is 0 Å². The second-order valence-corrected chi connectivity index (χ2v) is 5.95. The Balaban J connectivity index is 2.31. The standard InChI is InChI=1S/C14H20ClN/c1-14(2,3)16-10-6-9-13(16)11-7-4-5-8-12(11)15/h4-5,7-8,13H,6,9-10H2,1-3H3/t13-/m0/s1. The molecule has 1 nitrogen and oxygen atoms in total. The first-order chi connectivity index (χ1) is 7.50. The van der Waals surface area contributed by atoms with Crippen LogP contribution in [0.5, 0.6) is 0 Å². The molecule has 1 fully saturated rings. The minimum atomic E-state index is 0.223. The molecule has 0 unspecified atom stereocenters. The summed E-state index contributed by atoms with van der Waals surface area (Å²) in [5.41, 5.74) is 1.51. The summed E-state index contributed by atoms with van der Waals surface area (Å²) in [6, 6.07) is 8.74. The quantitative estimate of drug-likeness (QED) is 0.705. The van der Waals surface area contributed by atoms with Crippen LogP contribution in [0.15, 0.2) is 24.3 Å². The lowest BCUT2D eigenvalue weighted by molar-refractivity contribution is 0.122. The fourth-order valence-corrected chi connectivity index (χ4v) is 2.90. The smallest absolute Gasteiger partial charge is 0.0453 e. The second-order valence-electron chi connectivity index (χ2n) is 5.54. The van der Waals surface area contributed by atoms with Gasteiger partial charge in [-0.15, -0.1) is 0 Å². The lowest BCUT2D eigenvalue weighted by Gasteiger charge is -2.37. The van der Waals surface area contributed by atoms with Gasteiger partial charge in [-0.1, -0.05) is 29.8 Å². The molecule has 2 heteroatoms. The van der Waals surface area contributed by atoms with Gasteiger partial charge in [0.25, 0.3) is 0 Å². The van der Waals surface area contributed by atoms with Crippen LogP contribution in [-0.4, -0.2) is 17.0 Å². The Hall–Kier alpha value is -0.530. The molecule has 0 aliphatic carbocycles. The zero-order valence-corrected chi connectivity index (χ0v) is 11.1. The Morgan fingerprint density at radius 1 is 1.25 bits per heavy atom. The largest absolute Gasteiger partial charge is 0.291 e. The van der Waals surface area contributed by atoms with Crippen LogP contribution in [0.4, 0.5) is 0 Å². The summed E-state index contributed by atoms with van der Waals surface area (Å²) in [5.74, 6) is 0. The van der Waals surface area contributed by atoms with Crippen LogP contribution in [0.1, 0.15) is 45.2 Å². The topological polar surface area (TPSA) is 3.24 Å². The maximum absolute atomic E-state index is 6.29. The Bertz CT molecular complexity index is 367. The molecule has 1 atom stereocenters. The van der Waals surface area contributed by atoms with Crippen molar-refractivity contribution in [1.82, 2.24) is 4.90 Å². The normalized spacial score (nSPS) is 22.6. The van der Waals surface area contributed by atoms with E-state index in [4.69, 9.17) is 11.6 Å². The predicted octanol–water partition coefficient (Wildman–Crippen LogP) is 4.28. The van der Waals surface area contributed by atoms with Gasteiger partial charge in [-0.05, 0) is 51.8 Å². The van der Waals surface area contributed by atoms with E-state index in [1.165, 1.54) is 24.9 Å². The first kappa shape index (κ1) is 11.9. The van der Waals surface area contributed by atoms with Gasteiger partial charge in [0.1, 0.15) is 0 Å². The number of halogens is 1. The van der Waals surface area contributed by atoms with Crippen molar-refractivity contribution >= 4 is 11.6 Å². The molecule has 1 aromatic carbocycles. The van der Waals surface area contributed by atoms with Gasteiger partial charge in [0.05, 0.1) is 0 Å². The van der Waals surface area contributed by atoms with Crippen molar-refractivity contribution in [3.63, 3.8) is 0 Å². The average molecular weight is 238 g/mol. The van der Waals surface area contributed by atoms with Gasteiger partial charge in [-0.2, -0.15) is 0 Å². The molecule has 0 radical (unpaired) electrons. The molecule has 1 aliphatic heterocycles. The van der Waals surface area contributed by atoms with E-state index in [9.17, 15) is 0 Å². The summed E-state index contributed by atoms with van der Waals surface area (Å²) >= 11 is 6.29. The van der Waals surface area contributed by atoms with Crippen molar-refractivity contribution in [2.45, 2.75) is 45.2 Å². The van der Waals surface area contributed by atoms with Crippen molar-refractivity contribution in [2.24, 2.45) is 0 Å². The van der Waals surface area contributed by atoms with E-state index in [-0.39, 0.29) is 5.54 Å². The molecule has 1 aliphatic rings. The van der Waals surface area contributed by atoms with Gasteiger partial charge in [-0.3, -0.25) is 4.90 Å².